The lowest BCUT2D eigenvalue weighted by molar-refractivity contribution is -0.138. The van der Waals surface area contributed by atoms with E-state index in [1.807, 2.05) is 99.3 Å². The van der Waals surface area contributed by atoms with Crippen molar-refractivity contribution >= 4 is 50.3 Å². The second kappa shape index (κ2) is 17.0. The standard InChI is InChI=1S/C45H51N5O6S/c1-28-25-32(55-29(2)13-14-30-19-22-49(23-20-30)27-40(51)52)15-16-33(28)34-17-18-39(47-41(34)43(54)56-45(3,4)5)50-24-21-31-9-8-10-35(36(31)26-50)42(53)48-44-46-37-11-6-7-12-38(37)57-44/h6-12,15-18,25,29-30H,13-14,19-24,26-27H2,1-5H3,(H,51,52)(H,46,48,53)/t29-/m0/s1. The second-order valence-corrected chi connectivity index (χ2v) is 17.2. The molecule has 11 nitrogen and oxygen atoms in total. The van der Waals surface area contributed by atoms with Gasteiger partial charge in [0.1, 0.15) is 17.2 Å². The van der Waals surface area contributed by atoms with Crippen molar-refractivity contribution < 1.29 is 29.0 Å². The van der Waals surface area contributed by atoms with E-state index < -0.39 is 17.5 Å². The Kier molecular flexibility index (Phi) is 11.9. The fourth-order valence-electron chi connectivity index (χ4n) is 7.80. The molecule has 1 saturated heterocycles. The van der Waals surface area contributed by atoms with E-state index in [9.17, 15) is 14.4 Å². The fourth-order valence-corrected chi connectivity index (χ4v) is 8.66. The number of rotatable bonds is 12. The van der Waals surface area contributed by atoms with Gasteiger partial charge in [0.05, 0.1) is 22.9 Å². The summed E-state index contributed by atoms with van der Waals surface area (Å²) in [6, 6.07) is 23.5. The molecule has 0 saturated carbocycles. The van der Waals surface area contributed by atoms with Crippen LogP contribution in [0.5, 0.6) is 5.75 Å². The van der Waals surface area contributed by atoms with E-state index in [-0.39, 0.29) is 24.2 Å². The topological polar surface area (TPSA) is 134 Å². The van der Waals surface area contributed by atoms with Crippen LogP contribution in [0.4, 0.5) is 10.9 Å². The van der Waals surface area contributed by atoms with E-state index >= 15 is 0 Å². The molecule has 1 amide bonds. The molecule has 4 heterocycles. The Morgan fingerprint density at radius 1 is 0.965 bits per heavy atom. The molecule has 298 valence electrons. The zero-order valence-electron chi connectivity index (χ0n) is 33.3. The number of carbonyl (C=O) groups excluding carboxylic acids is 2. The third-order valence-corrected chi connectivity index (χ3v) is 11.7. The Bertz CT molecular complexity index is 2240. The molecular weight excluding hydrogens is 739 g/mol. The molecule has 0 spiro atoms. The third kappa shape index (κ3) is 9.80. The molecule has 2 aliphatic rings. The van der Waals surface area contributed by atoms with Gasteiger partial charge in [-0.05, 0) is 150 Å². The lowest BCUT2D eigenvalue weighted by Crippen LogP contribution is -2.37. The predicted molar refractivity (Wildman–Crippen MR) is 224 cm³/mol. The maximum absolute atomic E-state index is 13.8. The summed E-state index contributed by atoms with van der Waals surface area (Å²) < 4.78 is 13.3. The van der Waals surface area contributed by atoms with Gasteiger partial charge < -0.3 is 19.5 Å². The van der Waals surface area contributed by atoms with Crippen molar-refractivity contribution in [3.8, 4) is 16.9 Å². The van der Waals surface area contributed by atoms with Crippen molar-refractivity contribution in [2.75, 3.05) is 36.4 Å². The van der Waals surface area contributed by atoms with E-state index in [2.05, 4.69) is 28.2 Å². The summed E-state index contributed by atoms with van der Waals surface area (Å²) in [5.74, 6) is 0.482. The number of nitrogens with one attached hydrogen (secondary N) is 1. The van der Waals surface area contributed by atoms with Crippen LogP contribution in [-0.4, -0.2) is 75.7 Å². The first kappa shape index (κ1) is 39.9. The smallest absolute Gasteiger partial charge is 0.358 e. The number of aromatic nitrogens is 2. The zero-order valence-corrected chi connectivity index (χ0v) is 34.2. The number of amides is 1. The highest BCUT2D eigenvalue weighted by Gasteiger charge is 2.28. The van der Waals surface area contributed by atoms with Gasteiger partial charge in [-0.2, -0.15) is 0 Å². The van der Waals surface area contributed by atoms with Crippen LogP contribution in [0.15, 0.2) is 72.8 Å². The van der Waals surface area contributed by atoms with Crippen molar-refractivity contribution in [3.05, 3.63) is 101 Å². The lowest BCUT2D eigenvalue weighted by atomic mass is 9.91. The normalized spacial score (nSPS) is 15.6. The number of nitrogens with zero attached hydrogens (tertiary/aromatic N) is 4. The minimum absolute atomic E-state index is 0.0133. The predicted octanol–water partition coefficient (Wildman–Crippen LogP) is 8.78. The summed E-state index contributed by atoms with van der Waals surface area (Å²) in [4.78, 5) is 52.3. The van der Waals surface area contributed by atoms with Crippen LogP contribution in [0.1, 0.15) is 90.9 Å². The molecule has 5 aromatic rings. The number of ether oxygens (including phenoxy) is 2. The Morgan fingerprint density at radius 2 is 1.74 bits per heavy atom. The number of carbonyl (C=O) groups is 3. The molecule has 0 radical (unpaired) electrons. The molecule has 2 aromatic heterocycles. The highest BCUT2D eigenvalue weighted by molar-refractivity contribution is 7.22. The number of aliphatic carboxylic acids is 1. The number of anilines is 2. The van der Waals surface area contributed by atoms with Gasteiger partial charge in [-0.1, -0.05) is 41.7 Å². The van der Waals surface area contributed by atoms with Crippen molar-refractivity contribution in [2.24, 2.45) is 5.92 Å². The number of benzene rings is 3. The number of pyridine rings is 1. The largest absolute Gasteiger partial charge is 0.491 e. The van der Waals surface area contributed by atoms with E-state index in [0.29, 0.717) is 47.5 Å². The average molecular weight is 790 g/mol. The minimum atomic E-state index is -0.768. The molecule has 3 aromatic carbocycles. The lowest BCUT2D eigenvalue weighted by Gasteiger charge is -2.31. The van der Waals surface area contributed by atoms with E-state index in [1.54, 1.807) is 0 Å². The number of carboxylic acid groups (broad SMARTS) is 1. The monoisotopic (exact) mass is 789 g/mol. The summed E-state index contributed by atoms with van der Waals surface area (Å²) >= 11 is 1.45. The molecule has 0 bridgehead atoms. The Hall–Kier alpha value is -5.33. The van der Waals surface area contributed by atoms with Crippen LogP contribution in [0.3, 0.4) is 0 Å². The number of hydrogen-bond acceptors (Lipinski definition) is 10. The van der Waals surface area contributed by atoms with Gasteiger partial charge >= 0.3 is 11.9 Å². The number of fused-ring (bicyclic) bond motifs is 2. The van der Waals surface area contributed by atoms with E-state index in [0.717, 1.165) is 77.0 Å². The Labute approximate surface area is 338 Å². The van der Waals surface area contributed by atoms with E-state index in [1.165, 1.54) is 11.3 Å². The molecule has 7 rings (SSSR count). The number of thiazole rings is 1. The van der Waals surface area contributed by atoms with Gasteiger partial charge in [-0.15, -0.1) is 0 Å². The van der Waals surface area contributed by atoms with E-state index in [4.69, 9.17) is 19.6 Å². The molecule has 0 aliphatic carbocycles. The molecule has 1 fully saturated rings. The number of piperidine rings is 1. The zero-order chi connectivity index (χ0) is 40.3. The summed E-state index contributed by atoms with van der Waals surface area (Å²) in [6.45, 7) is 12.5. The minimum Gasteiger partial charge on any atom is -0.491 e. The molecule has 1 atom stereocenters. The quantitative estimate of drug-likeness (QED) is 0.118. The van der Waals surface area contributed by atoms with Crippen LogP contribution >= 0.6 is 11.3 Å². The molecule has 0 unspecified atom stereocenters. The molecular formula is C45H51N5O6S. The number of hydrogen-bond donors (Lipinski definition) is 2. The first-order valence-corrected chi connectivity index (χ1v) is 20.6. The number of likely N-dealkylation sites (tertiary alicyclic amines) is 1. The fraction of sp³-hybridized carbons (Fsp3) is 0.400. The van der Waals surface area contributed by atoms with Crippen LogP contribution in [0.2, 0.25) is 0 Å². The van der Waals surface area contributed by atoms with Crippen LogP contribution in [0, 0.1) is 12.8 Å². The van der Waals surface area contributed by atoms with Gasteiger partial charge in [0.15, 0.2) is 10.8 Å². The van der Waals surface area contributed by atoms with Crippen molar-refractivity contribution in [1.82, 2.24) is 14.9 Å². The highest BCUT2D eigenvalue weighted by Crippen LogP contribution is 2.35. The van der Waals surface area contributed by atoms with Gasteiger partial charge in [0, 0.05) is 24.2 Å². The summed E-state index contributed by atoms with van der Waals surface area (Å²) in [7, 11) is 0. The number of carboxylic acids is 1. The van der Waals surface area contributed by atoms with Gasteiger partial charge in [0.25, 0.3) is 5.91 Å². The first-order valence-electron chi connectivity index (χ1n) is 19.8. The highest BCUT2D eigenvalue weighted by atomic mass is 32.1. The van der Waals surface area contributed by atoms with Crippen molar-refractivity contribution in [3.63, 3.8) is 0 Å². The van der Waals surface area contributed by atoms with Gasteiger partial charge in [-0.3, -0.25) is 19.8 Å². The summed E-state index contributed by atoms with van der Waals surface area (Å²) in [6.07, 6.45) is 4.70. The molecule has 12 heteroatoms. The van der Waals surface area contributed by atoms with Gasteiger partial charge in [0.2, 0.25) is 0 Å². The molecule has 57 heavy (non-hydrogen) atoms. The van der Waals surface area contributed by atoms with Crippen LogP contribution < -0.4 is 15.0 Å². The summed E-state index contributed by atoms with van der Waals surface area (Å²) in [5.41, 5.74) is 5.46. The number of para-hydroxylation sites is 1. The number of aryl methyl sites for hydroxylation is 1. The van der Waals surface area contributed by atoms with Crippen molar-refractivity contribution in [1.29, 1.82) is 0 Å². The van der Waals surface area contributed by atoms with Crippen LogP contribution in [0.25, 0.3) is 21.3 Å². The Balaban J connectivity index is 1.07. The Morgan fingerprint density at radius 3 is 2.47 bits per heavy atom. The second-order valence-electron chi connectivity index (χ2n) is 16.2. The summed E-state index contributed by atoms with van der Waals surface area (Å²) in [5, 5.41) is 12.7. The molecule has 2 aliphatic heterocycles. The maximum atomic E-state index is 13.8. The molecule has 2 N–H and O–H groups in total. The third-order valence-electron chi connectivity index (χ3n) is 10.7. The average Bonchev–Trinajstić information content (AvgIpc) is 3.58. The number of esters is 1. The SMILES string of the molecule is Cc1cc(O[C@@H](C)CCC2CCN(CC(=O)O)CC2)ccc1-c1ccc(N2CCc3cccc(C(=O)Nc4nc5ccccc5s4)c3C2)nc1C(=O)OC(C)(C)C. The first-order chi connectivity index (χ1) is 27.3. The maximum Gasteiger partial charge on any atom is 0.358 e. The van der Waals surface area contributed by atoms with Crippen molar-refractivity contribution in [2.45, 2.75) is 85.0 Å². The van der Waals surface area contributed by atoms with Gasteiger partial charge in [-0.25, -0.2) is 14.8 Å². The van der Waals surface area contributed by atoms with Crippen LogP contribution in [-0.2, 0) is 22.5 Å².